The van der Waals surface area contributed by atoms with Gasteiger partial charge in [-0.3, -0.25) is 4.79 Å². The second-order valence-corrected chi connectivity index (χ2v) is 7.43. The molecule has 0 spiro atoms. The van der Waals surface area contributed by atoms with Crippen LogP contribution in [0.15, 0.2) is 17.1 Å². The molecule has 2 N–H and O–H groups in total. The van der Waals surface area contributed by atoms with E-state index >= 15 is 4.39 Å². The number of hydrogen-bond donors (Lipinski definition) is 2. The topological polar surface area (TPSA) is 83.8 Å². The molecule has 2 fully saturated rings. The lowest BCUT2D eigenvalue weighted by Crippen LogP contribution is -2.49. The largest absolute Gasteiger partial charge is 0.477 e. The Hall–Kier alpha value is -2.46. The van der Waals surface area contributed by atoms with Gasteiger partial charge in [0.25, 0.3) is 0 Å². The van der Waals surface area contributed by atoms with Gasteiger partial charge in [0.15, 0.2) is 11.6 Å². The summed E-state index contributed by atoms with van der Waals surface area (Å²) in [6.07, 6.45) is 2.54. The van der Waals surface area contributed by atoms with E-state index in [2.05, 4.69) is 5.32 Å². The maximum atomic E-state index is 15.1. The van der Waals surface area contributed by atoms with E-state index in [0.29, 0.717) is 32.5 Å². The van der Waals surface area contributed by atoms with Crippen molar-refractivity contribution in [2.24, 2.45) is 0 Å². The number of alkyl halides is 2. The number of benzene rings is 1. The lowest BCUT2D eigenvalue weighted by Gasteiger charge is -2.35. The average molecular weight is 448 g/mol. The number of aromatic carboxylic acids is 1. The molecule has 2 aromatic rings. The number of aromatic nitrogens is 1. The highest BCUT2D eigenvalue weighted by Crippen LogP contribution is 2.44. The Morgan fingerprint density at radius 1 is 1.37 bits per heavy atom. The molecule has 1 saturated heterocycles. The van der Waals surface area contributed by atoms with Crippen LogP contribution < -0.4 is 20.4 Å². The lowest BCUT2D eigenvalue weighted by atomic mass is 10.1. The quantitative estimate of drug-likeness (QED) is 0.733. The van der Waals surface area contributed by atoms with Crippen molar-refractivity contribution in [1.82, 2.24) is 9.88 Å². The Morgan fingerprint density at radius 2 is 2.07 bits per heavy atom. The van der Waals surface area contributed by atoms with Gasteiger partial charge in [-0.25, -0.2) is 9.18 Å². The summed E-state index contributed by atoms with van der Waals surface area (Å²) in [6.45, 7) is -0.0881. The molecular weight excluding hydrogens is 427 g/mol. The predicted octanol–water partition coefficient (Wildman–Crippen LogP) is 3.00. The summed E-state index contributed by atoms with van der Waals surface area (Å²) in [5, 5.41) is 12.3. The Kier molecular flexibility index (Phi) is 6.19. The van der Waals surface area contributed by atoms with Crippen LogP contribution in [0.4, 0.5) is 18.9 Å². The van der Waals surface area contributed by atoms with Crippen LogP contribution in [0.3, 0.4) is 0 Å². The summed E-state index contributed by atoms with van der Waals surface area (Å²) < 4.78 is 48.0. The number of nitrogens with zero attached hydrogens (tertiary/aromatic N) is 2. The number of fused-ring (bicyclic) bond motifs is 1. The van der Waals surface area contributed by atoms with Crippen molar-refractivity contribution < 1.29 is 27.8 Å². The molecule has 2 aliphatic rings. The Bertz CT molecular complexity index is 1040. The minimum Gasteiger partial charge on any atom is -0.477 e. The van der Waals surface area contributed by atoms with Gasteiger partial charge in [-0.1, -0.05) is 0 Å². The molecule has 1 aromatic carbocycles. The number of carboxylic acids is 1. The molecule has 1 aliphatic heterocycles. The van der Waals surface area contributed by atoms with Crippen LogP contribution in [-0.2, 0) is 0 Å². The smallest absolute Gasteiger partial charge is 0.387 e. The van der Waals surface area contributed by atoms with Crippen molar-refractivity contribution in [3.63, 3.8) is 0 Å². The summed E-state index contributed by atoms with van der Waals surface area (Å²) >= 11 is 0. The highest BCUT2D eigenvalue weighted by molar-refractivity contribution is 5.97. The molecule has 7 nitrogen and oxygen atoms in total. The Labute approximate surface area is 175 Å². The highest BCUT2D eigenvalue weighted by atomic mass is 35.5. The van der Waals surface area contributed by atoms with Crippen LogP contribution in [0.25, 0.3) is 10.9 Å². The number of piperazine rings is 1. The zero-order valence-corrected chi connectivity index (χ0v) is 16.8. The van der Waals surface area contributed by atoms with Gasteiger partial charge in [-0.05, 0) is 25.8 Å². The van der Waals surface area contributed by atoms with E-state index < -0.39 is 35.1 Å². The van der Waals surface area contributed by atoms with E-state index in [1.165, 1.54) is 4.57 Å². The molecule has 2 heterocycles. The van der Waals surface area contributed by atoms with Gasteiger partial charge in [-0.2, -0.15) is 8.78 Å². The molecule has 1 unspecified atom stereocenters. The molecule has 0 bridgehead atoms. The maximum Gasteiger partial charge on any atom is 0.387 e. The third-order valence-corrected chi connectivity index (χ3v) is 5.26. The van der Waals surface area contributed by atoms with Gasteiger partial charge < -0.3 is 24.6 Å². The molecule has 0 amide bonds. The number of rotatable bonds is 5. The molecule has 1 aromatic heterocycles. The van der Waals surface area contributed by atoms with Crippen LogP contribution in [0, 0.1) is 5.82 Å². The molecule has 1 atom stereocenters. The standard InChI is InChI=1S/C19H20F3N3O4.ClH/c1-9-7-24(5-4-23-9)15-13(20)6-11-14(17(15)29-19(21)22)25(10-2-3-10)8-12(16(11)26)18(27)28;/h6,8-10,19,23H,2-5,7H2,1H3,(H,27,28);1H. The normalized spacial score (nSPS) is 19.1. The van der Waals surface area contributed by atoms with Crippen molar-refractivity contribution in [2.45, 2.75) is 38.5 Å². The van der Waals surface area contributed by atoms with Gasteiger partial charge in [0.05, 0.1) is 10.9 Å². The van der Waals surface area contributed by atoms with E-state index in [9.17, 15) is 23.5 Å². The minimum absolute atomic E-state index is 0. The average Bonchev–Trinajstić information content (AvgIpc) is 3.47. The number of halogens is 4. The molecule has 11 heteroatoms. The van der Waals surface area contributed by atoms with Gasteiger partial charge >= 0.3 is 12.6 Å². The van der Waals surface area contributed by atoms with Crippen molar-refractivity contribution in [3.05, 3.63) is 33.9 Å². The summed E-state index contributed by atoms with van der Waals surface area (Å²) in [6, 6.07) is 0.776. The fraction of sp³-hybridized carbons (Fsp3) is 0.474. The predicted molar refractivity (Wildman–Crippen MR) is 107 cm³/mol. The fourth-order valence-corrected chi connectivity index (χ4v) is 3.87. The van der Waals surface area contributed by atoms with Gasteiger partial charge in [-0.15, -0.1) is 12.4 Å². The second kappa shape index (κ2) is 8.35. The van der Waals surface area contributed by atoms with Crippen molar-refractivity contribution in [2.75, 3.05) is 24.5 Å². The fourth-order valence-electron chi connectivity index (χ4n) is 3.87. The van der Waals surface area contributed by atoms with Crippen LogP contribution >= 0.6 is 12.4 Å². The van der Waals surface area contributed by atoms with E-state index in [-0.39, 0.29) is 41.1 Å². The summed E-state index contributed by atoms with van der Waals surface area (Å²) in [5.74, 6) is -2.78. The van der Waals surface area contributed by atoms with E-state index in [0.717, 1.165) is 12.3 Å². The molecule has 0 radical (unpaired) electrons. The van der Waals surface area contributed by atoms with Gasteiger partial charge in [0.1, 0.15) is 11.3 Å². The first kappa shape index (κ1) is 22.2. The van der Waals surface area contributed by atoms with Crippen LogP contribution in [-0.4, -0.2) is 47.9 Å². The molecular formula is C19H21ClF3N3O4. The third-order valence-electron chi connectivity index (χ3n) is 5.26. The number of hydrogen-bond acceptors (Lipinski definition) is 5. The van der Waals surface area contributed by atoms with E-state index in [4.69, 9.17) is 4.74 Å². The lowest BCUT2D eigenvalue weighted by molar-refractivity contribution is -0.0488. The van der Waals surface area contributed by atoms with Crippen LogP contribution in [0.1, 0.15) is 36.2 Å². The summed E-state index contributed by atoms with van der Waals surface area (Å²) in [7, 11) is 0. The van der Waals surface area contributed by atoms with E-state index in [1.54, 1.807) is 4.90 Å². The van der Waals surface area contributed by atoms with Gasteiger partial charge in [0, 0.05) is 37.9 Å². The number of ether oxygens (including phenoxy) is 1. The summed E-state index contributed by atoms with van der Waals surface area (Å²) in [5.41, 5.74) is -1.59. The molecule has 1 aliphatic carbocycles. The molecule has 164 valence electrons. The molecule has 4 rings (SSSR count). The number of carboxylic acid groups (broad SMARTS) is 1. The maximum absolute atomic E-state index is 15.1. The zero-order chi connectivity index (χ0) is 20.9. The summed E-state index contributed by atoms with van der Waals surface area (Å²) in [4.78, 5) is 25.8. The van der Waals surface area contributed by atoms with Gasteiger partial charge in [0.2, 0.25) is 5.43 Å². The molecule has 1 saturated carbocycles. The van der Waals surface area contributed by atoms with Crippen molar-refractivity contribution >= 4 is 35.0 Å². The number of pyridine rings is 1. The first-order valence-electron chi connectivity index (χ1n) is 9.35. The Morgan fingerprint density at radius 3 is 2.63 bits per heavy atom. The Balaban J connectivity index is 0.00000256. The van der Waals surface area contributed by atoms with E-state index in [1.807, 2.05) is 6.92 Å². The highest BCUT2D eigenvalue weighted by Gasteiger charge is 2.33. The monoisotopic (exact) mass is 447 g/mol. The third kappa shape index (κ3) is 3.93. The van der Waals surface area contributed by atoms with Crippen LogP contribution in [0.2, 0.25) is 0 Å². The molecule has 30 heavy (non-hydrogen) atoms. The first-order valence-corrected chi connectivity index (χ1v) is 9.35. The minimum atomic E-state index is -3.24. The second-order valence-electron chi connectivity index (χ2n) is 7.43. The van der Waals surface area contributed by atoms with Crippen LogP contribution in [0.5, 0.6) is 5.75 Å². The number of nitrogens with one attached hydrogen (secondary N) is 1. The zero-order valence-electron chi connectivity index (χ0n) is 16.0. The van der Waals surface area contributed by atoms with Crippen molar-refractivity contribution in [3.8, 4) is 5.75 Å². The number of carbonyl (C=O) groups is 1. The first-order chi connectivity index (χ1) is 13.8. The number of anilines is 1. The van der Waals surface area contributed by atoms with Crippen molar-refractivity contribution in [1.29, 1.82) is 0 Å². The SMILES string of the molecule is CC1CN(c2c(F)cc3c(=O)c(C(=O)O)cn(C4CC4)c3c2OC(F)F)CCN1.Cl.